The maximum atomic E-state index is 3.48. The molecule has 1 aromatic rings. The highest BCUT2D eigenvalue weighted by Crippen LogP contribution is 2.14. The summed E-state index contributed by atoms with van der Waals surface area (Å²) in [7, 11) is 0. The van der Waals surface area contributed by atoms with Gasteiger partial charge in [-0.05, 0) is 35.9 Å². The maximum absolute atomic E-state index is 3.48. The van der Waals surface area contributed by atoms with Crippen molar-refractivity contribution in [1.29, 1.82) is 0 Å². The van der Waals surface area contributed by atoms with Crippen LogP contribution in [0.15, 0.2) is 24.3 Å². The summed E-state index contributed by atoms with van der Waals surface area (Å²) in [5.41, 5.74) is 2.80. The van der Waals surface area contributed by atoms with Crippen molar-refractivity contribution in [1.82, 2.24) is 5.32 Å². The zero-order valence-electron chi connectivity index (χ0n) is 11.1. The fourth-order valence-electron chi connectivity index (χ4n) is 1.64. The van der Waals surface area contributed by atoms with Crippen molar-refractivity contribution in [2.24, 2.45) is 5.92 Å². The number of nitrogens with one attached hydrogen (secondary N) is 1. The van der Waals surface area contributed by atoms with E-state index < -0.39 is 0 Å². The van der Waals surface area contributed by atoms with E-state index in [-0.39, 0.29) is 0 Å². The Morgan fingerprint density at radius 2 is 1.62 bits per heavy atom. The van der Waals surface area contributed by atoms with E-state index in [1.807, 2.05) is 0 Å². The lowest BCUT2D eigenvalue weighted by molar-refractivity contribution is 0.537. The molecule has 0 heterocycles. The molecule has 90 valence electrons. The van der Waals surface area contributed by atoms with Crippen LogP contribution in [0.25, 0.3) is 0 Å². The van der Waals surface area contributed by atoms with Crippen molar-refractivity contribution < 1.29 is 0 Å². The Kier molecular flexibility index (Phi) is 5.54. The molecule has 16 heavy (non-hydrogen) atoms. The first-order valence-corrected chi connectivity index (χ1v) is 6.39. The van der Waals surface area contributed by atoms with E-state index in [0.717, 1.165) is 19.0 Å². The third-order valence-corrected chi connectivity index (χ3v) is 2.87. The Morgan fingerprint density at radius 1 is 1.00 bits per heavy atom. The summed E-state index contributed by atoms with van der Waals surface area (Å²) >= 11 is 0. The van der Waals surface area contributed by atoms with Crippen molar-refractivity contribution in [2.45, 2.75) is 46.6 Å². The van der Waals surface area contributed by atoms with Crippen LogP contribution in [-0.2, 0) is 6.54 Å². The third-order valence-electron chi connectivity index (χ3n) is 2.87. The molecule has 1 rings (SSSR count). The minimum absolute atomic E-state index is 0.628. The molecule has 0 bridgehead atoms. The molecule has 0 aromatic heterocycles. The topological polar surface area (TPSA) is 12.0 Å². The van der Waals surface area contributed by atoms with Gasteiger partial charge in [0.1, 0.15) is 0 Å². The Bertz CT molecular complexity index is 285. The van der Waals surface area contributed by atoms with Gasteiger partial charge in [-0.2, -0.15) is 0 Å². The molecule has 1 nitrogen and oxygen atoms in total. The summed E-state index contributed by atoms with van der Waals surface area (Å²) < 4.78 is 0. The first-order chi connectivity index (χ1) is 7.59. The lowest BCUT2D eigenvalue weighted by Gasteiger charge is -2.09. The fourth-order valence-corrected chi connectivity index (χ4v) is 1.64. The molecule has 0 aliphatic carbocycles. The van der Waals surface area contributed by atoms with Crippen LogP contribution in [0.2, 0.25) is 0 Å². The molecule has 0 saturated heterocycles. The summed E-state index contributed by atoms with van der Waals surface area (Å²) in [4.78, 5) is 0. The standard InChI is InChI=1S/C15H25N/c1-12(2)9-10-16-11-14-5-7-15(8-6-14)13(3)4/h5-8,12-13,16H,9-11H2,1-4H3. The van der Waals surface area contributed by atoms with Crippen LogP contribution in [0, 0.1) is 5.92 Å². The number of benzene rings is 1. The van der Waals surface area contributed by atoms with E-state index in [1.54, 1.807) is 0 Å². The Hall–Kier alpha value is -0.820. The monoisotopic (exact) mass is 219 g/mol. The van der Waals surface area contributed by atoms with Crippen LogP contribution < -0.4 is 5.32 Å². The second-order valence-electron chi connectivity index (χ2n) is 5.26. The van der Waals surface area contributed by atoms with Crippen LogP contribution in [-0.4, -0.2) is 6.54 Å². The first-order valence-electron chi connectivity index (χ1n) is 6.39. The summed E-state index contributed by atoms with van der Waals surface area (Å²) in [6.07, 6.45) is 1.25. The van der Waals surface area contributed by atoms with E-state index in [2.05, 4.69) is 57.3 Å². The third kappa shape index (κ3) is 4.80. The quantitative estimate of drug-likeness (QED) is 0.714. The molecule has 0 aliphatic rings. The number of hydrogen-bond donors (Lipinski definition) is 1. The Labute approximate surface area is 100 Å². The van der Waals surface area contributed by atoms with Gasteiger partial charge < -0.3 is 5.32 Å². The van der Waals surface area contributed by atoms with Gasteiger partial charge >= 0.3 is 0 Å². The van der Waals surface area contributed by atoms with Crippen LogP contribution >= 0.6 is 0 Å². The van der Waals surface area contributed by atoms with Gasteiger partial charge in [0.25, 0.3) is 0 Å². The predicted molar refractivity (Wildman–Crippen MR) is 71.7 cm³/mol. The van der Waals surface area contributed by atoms with Crippen molar-refractivity contribution in [3.05, 3.63) is 35.4 Å². The molecule has 1 N–H and O–H groups in total. The van der Waals surface area contributed by atoms with E-state index in [9.17, 15) is 0 Å². The van der Waals surface area contributed by atoms with Crippen LogP contribution in [0.5, 0.6) is 0 Å². The van der Waals surface area contributed by atoms with Gasteiger partial charge in [0.2, 0.25) is 0 Å². The molecule has 0 unspecified atom stereocenters. The molecule has 0 radical (unpaired) electrons. The molecule has 1 heteroatoms. The molecule has 0 spiro atoms. The average Bonchev–Trinajstić information content (AvgIpc) is 2.25. The van der Waals surface area contributed by atoms with Gasteiger partial charge in [-0.3, -0.25) is 0 Å². The Balaban J connectivity index is 2.32. The SMILES string of the molecule is CC(C)CCNCc1ccc(C(C)C)cc1. The maximum Gasteiger partial charge on any atom is 0.0205 e. The summed E-state index contributed by atoms with van der Waals surface area (Å²) in [5.74, 6) is 1.42. The molecule has 0 aliphatic heterocycles. The highest BCUT2D eigenvalue weighted by atomic mass is 14.8. The van der Waals surface area contributed by atoms with Crippen molar-refractivity contribution in [3.63, 3.8) is 0 Å². The van der Waals surface area contributed by atoms with Crippen LogP contribution in [0.3, 0.4) is 0 Å². The van der Waals surface area contributed by atoms with Crippen LogP contribution in [0.1, 0.15) is 51.2 Å². The fraction of sp³-hybridized carbons (Fsp3) is 0.600. The van der Waals surface area contributed by atoms with Gasteiger partial charge in [-0.1, -0.05) is 52.0 Å². The highest BCUT2D eigenvalue weighted by Gasteiger charge is 1.99. The smallest absolute Gasteiger partial charge is 0.0205 e. The normalized spacial score (nSPS) is 11.4. The lowest BCUT2D eigenvalue weighted by atomic mass is 10.0. The summed E-state index contributed by atoms with van der Waals surface area (Å²) in [6, 6.07) is 8.95. The summed E-state index contributed by atoms with van der Waals surface area (Å²) in [5, 5.41) is 3.48. The molecule has 1 aromatic carbocycles. The zero-order valence-corrected chi connectivity index (χ0v) is 11.1. The van der Waals surface area contributed by atoms with Crippen molar-refractivity contribution in [2.75, 3.05) is 6.54 Å². The molecule has 0 saturated carbocycles. The lowest BCUT2D eigenvalue weighted by Crippen LogP contribution is -2.16. The molecule has 0 atom stereocenters. The van der Waals surface area contributed by atoms with Gasteiger partial charge in [0.05, 0.1) is 0 Å². The Morgan fingerprint density at radius 3 is 2.12 bits per heavy atom. The number of hydrogen-bond acceptors (Lipinski definition) is 1. The van der Waals surface area contributed by atoms with Crippen molar-refractivity contribution >= 4 is 0 Å². The molecular formula is C15H25N. The molecule has 0 amide bonds. The second-order valence-corrected chi connectivity index (χ2v) is 5.26. The van der Waals surface area contributed by atoms with Gasteiger partial charge in [0, 0.05) is 6.54 Å². The second kappa shape index (κ2) is 6.70. The first kappa shape index (κ1) is 13.2. The van der Waals surface area contributed by atoms with Crippen LogP contribution in [0.4, 0.5) is 0 Å². The van der Waals surface area contributed by atoms with E-state index in [4.69, 9.17) is 0 Å². The van der Waals surface area contributed by atoms with E-state index in [1.165, 1.54) is 17.5 Å². The zero-order chi connectivity index (χ0) is 12.0. The average molecular weight is 219 g/mol. The minimum atomic E-state index is 0.628. The predicted octanol–water partition coefficient (Wildman–Crippen LogP) is 3.95. The largest absolute Gasteiger partial charge is 0.313 e. The van der Waals surface area contributed by atoms with E-state index in [0.29, 0.717) is 5.92 Å². The van der Waals surface area contributed by atoms with Gasteiger partial charge in [-0.15, -0.1) is 0 Å². The molecular weight excluding hydrogens is 194 g/mol. The minimum Gasteiger partial charge on any atom is -0.313 e. The molecule has 0 fully saturated rings. The van der Waals surface area contributed by atoms with Gasteiger partial charge in [0.15, 0.2) is 0 Å². The van der Waals surface area contributed by atoms with Gasteiger partial charge in [-0.25, -0.2) is 0 Å². The van der Waals surface area contributed by atoms with Crippen molar-refractivity contribution in [3.8, 4) is 0 Å². The number of rotatable bonds is 6. The summed E-state index contributed by atoms with van der Waals surface area (Å²) in [6.45, 7) is 11.1. The van der Waals surface area contributed by atoms with E-state index >= 15 is 0 Å². The highest BCUT2D eigenvalue weighted by molar-refractivity contribution is 5.24.